The van der Waals surface area contributed by atoms with Gasteiger partial charge in [0, 0.05) is 19.7 Å². The Morgan fingerprint density at radius 1 is 1.00 bits per heavy atom. The molecule has 1 aliphatic heterocycles. The van der Waals surface area contributed by atoms with Gasteiger partial charge in [-0.15, -0.1) is 0 Å². The zero-order valence-electron chi connectivity index (χ0n) is 18.0. The molecule has 4 nitrogen and oxygen atoms in total. The van der Waals surface area contributed by atoms with Gasteiger partial charge in [-0.1, -0.05) is 41.5 Å². The Balaban J connectivity index is 2.57. The molecule has 0 bridgehead atoms. The maximum Gasteiger partial charge on any atom is 0.410 e. The molecule has 1 amide bonds. The molecule has 5 heteroatoms. The zero-order chi connectivity index (χ0) is 19.4. The normalized spacial score (nSPS) is 17.7. The predicted molar refractivity (Wildman–Crippen MR) is 108 cm³/mol. The smallest absolute Gasteiger partial charge is 0.410 e. The number of carbonyl (C=O) groups is 1. The highest BCUT2D eigenvalue weighted by atomic mass is 28.4. The summed E-state index contributed by atoms with van der Waals surface area (Å²) in [6.07, 6.45) is 1.85. The first-order valence-electron chi connectivity index (χ1n) is 10.0. The standard InChI is InChI=1S/C20H41NO3Si/c1-15(2)25(16(3)4,17(5)6)23-14-18-10-12-21(13-11-18)19(22)24-20(7,8)9/h15-18H,10-14H2,1-9H3. The number of likely N-dealkylation sites (tertiary alicyclic amines) is 1. The van der Waals surface area contributed by atoms with Crippen molar-refractivity contribution in [2.75, 3.05) is 19.7 Å². The van der Waals surface area contributed by atoms with Crippen molar-refractivity contribution in [1.29, 1.82) is 0 Å². The average Bonchev–Trinajstić information content (AvgIpc) is 2.45. The summed E-state index contributed by atoms with van der Waals surface area (Å²) in [5.41, 5.74) is 1.44. The van der Waals surface area contributed by atoms with Crippen molar-refractivity contribution in [2.24, 2.45) is 5.92 Å². The Kier molecular flexibility index (Phi) is 8.00. The fraction of sp³-hybridized carbons (Fsp3) is 0.950. The van der Waals surface area contributed by atoms with Crippen molar-refractivity contribution in [3.05, 3.63) is 0 Å². The van der Waals surface area contributed by atoms with E-state index in [0.717, 1.165) is 32.5 Å². The Labute approximate surface area is 156 Å². The lowest BCUT2D eigenvalue weighted by Crippen LogP contribution is -2.49. The van der Waals surface area contributed by atoms with Gasteiger partial charge in [-0.2, -0.15) is 0 Å². The molecule has 0 radical (unpaired) electrons. The minimum absolute atomic E-state index is 0.179. The van der Waals surface area contributed by atoms with Gasteiger partial charge in [0.1, 0.15) is 5.60 Å². The van der Waals surface area contributed by atoms with Crippen molar-refractivity contribution < 1.29 is 14.0 Å². The van der Waals surface area contributed by atoms with Gasteiger partial charge >= 0.3 is 6.09 Å². The van der Waals surface area contributed by atoms with E-state index >= 15 is 0 Å². The van der Waals surface area contributed by atoms with Crippen LogP contribution in [0.15, 0.2) is 0 Å². The van der Waals surface area contributed by atoms with Crippen LogP contribution in [0.5, 0.6) is 0 Å². The monoisotopic (exact) mass is 371 g/mol. The van der Waals surface area contributed by atoms with Gasteiger partial charge in [-0.25, -0.2) is 4.79 Å². The highest BCUT2D eigenvalue weighted by Crippen LogP contribution is 2.42. The minimum atomic E-state index is -1.79. The van der Waals surface area contributed by atoms with E-state index in [1.165, 1.54) is 0 Å². The van der Waals surface area contributed by atoms with Crippen molar-refractivity contribution in [2.45, 2.75) is 97.4 Å². The molecular formula is C20H41NO3Si. The largest absolute Gasteiger partial charge is 0.444 e. The van der Waals surface area contributed by atoms with E-state index < -0.39 is 13.9 Å². The van der Waals surface area contributed by atoms with E-state index in [4.69, 9.17) is 9.16 Å². The molecule has 0 aromatic heterocycles. The average molecular weight is 372 g/mol. The molecule has 1 aliphatic rings. The van der Waals surface area contributed by atoms with E-state index in [9.17, 15) is 4.79 Å². The molecule has 0 aromatic rings. The van der Waals surface area contributed by atoms with Crippen molar-refractivity contribution in [1.82, 2.24) is 4.90 Å². The summed E-state index contributed by atoms with van der Waals surface area (Å²) in [6, 6.07) is 0. The molecule has 148 valence electrons. The van der Waals surface area contributed by atoms with Crippen LogP contribution in [0, 0.1) is 5.92 Å². The first-order chi connectivity index (χ1) is 11.4. The number of ether oxygens (including phenoxy) is 1. The third kappa shape index (κ3) is 5.99. The molecule has 1 rings (SSSR count). The molecule has 0 atom stereocenters. The number of piperidine rings is 1. The Hall–Kier alpha value is -0.553. The minimum Gasteiger partial charge on any atom is -0.444 e. The predicted octanol–water partition coefficient (Wildman–Crippen LogP) is 5.83. The quantitative estimate of drug-likeness (QED) is 0.552. The van der Waals surface area contributed by atoms with E-state index in [-0.39, 0.29) is 6.09 Å². The van der Waals surface area contributed by atoms with Gasteiger partial charge in [0.2, 0.25) is 0 Å². The van der Waals surface area contributed by atoms with E-state index in [0.29, 0.717) is 22.5 Å². The van der Waals surface area contributed by atoms with Crippen molar-refractivity contribution >= 4 is 14.4 Å². The molecule has 0 unspecified atom stereocenters. The molecule has 0 saturated carbocycles. The van der Waals surface area contributed by atoms with Crippen molar-refractivity contribution in [3.8, 4) is 0 Å². The zero-order valence-corrected chi connectivity index (χ0v) is 19.0. The highest BCUT2D eigenvalue weighted by Gasteiger charge is 2.45. The summed E-state index contributed by atoms with van der Waals surface area (Å²) in [7, 11) is -1.79. The van der Waals surface area contributed by atoms with Crippen LogP contribution in [0.1, 0.15) is 75.2 Å². The van der Waals surface area contributed by atoms with Crippen LogP contribution in [0.25, 0.3) is 0 Å². The molecule has 0 N–H and O–H groups in total. The second kappa shape index (κ2) is 8.89. The molecule has 1 saturated heterocycles. The number of rotatable bonds is 6. The van der Waals surface area contributed by atoms with Gasteiger partial charge in [-0.3, -0.25) is 0 Å². The SMILES string of the molecule is CC(C)[Si](OCC1CCN(C(=O)OC(C)(C)C)CC1)(C(C)C)C(C)C. The second-order valence-corrected chi connectivity index (χ2v) is 15.0. The fourth-order valence-corrected chi connectivity index (χ4v) is 9.90. The molecular weight excluding hydrogens is 330 g/mol. The van der Waals surface area contributed by atoms with Crippen molar-refractivity contribution in [3.63, 3.8) is 0 Å². The summed E-state index contributed by atoms with van der Waals surface area (Å²) in [6.45, 7) is 22.1. The maximum atomic E-state index is 12.2. The van der Waals surface area contributed by atoms with Gasteiger partial charge in [-0.05, 0) is 56.2 Å². The number of carbonyl (C=O) groups excluding carboxylic acids is 1. The summed E-state index contributed by atoms with van der Waals surface area (Å²) < 4.78 is 12.2. The second-order valence-electron chi connectivity index (χ2n) is 9.54. The van der Waals surface area contributed by atoms with E-state index in [1.54, 1.807) is 0 Å². The molecule has 0 aliphatic carbocycles. The van der Waals surface area contributed by atoms with Crippen LogP contribution in [-0.4, -0.2) is 44.6 Å². The molecule has 25 heavy (non-hydrogen) atoms. The summed E-state index contributed by atoms with van der Waals surface area (Å²) in [5.74, 6) is 0.557. The Morgan fingerprint density at radius 3 is 1.80 bits per heavy atom. The third-order valence-electron chi connectivity index (χ3n) is 5.54. The van der Waals surface area contributed by atoms with Crippen LogP contribution >= 0.6 is 0 Å². The van der Waals surface area contributed by atoms with Gasteiger partial charge in [0.15, 0.2) is 8.32 Å². The fourth-order valence-electron chi connectivity index (χ4n) is 4.37. The van der Waals surface area contributed by atoms with Gasteiger partial charge < -0.3 is 14.1 Å². The summed E-state index contributed by atoms with van der Waals surface area (Å²) >= 11 is 0. The topological polar surface area (TPSA) is 38.8 Å². The summed E-state index contributed by atoms with van der Waals surface area (Å²) in [5, 5.41) is 0. The lowest BCUT2D eigenvalue weighted by molar-refractivity contribution is 0.0161. The lowest BCUT2D eigenvalue weighted by Gasteiger charge is -2.43. The molecule has 0 spiro atoms. The highest BCUT2D eigenvalue weighted by molar-refractivity contribution is 6.77. The number of amides is 1. The van der Waals surface area contributed by atoms with Crippen LogP contribution in [0.3, 0.4) is 0 Å². The number of hydrogen-bond acceptors (Lipinski definition) is 3. The van der Waals surface area contributed by atoms with Crippen LogP contribution in [-0.2, 0) is 9.16 Å². The van der Waals surface area contributed by atoms with E-state index in [1.807, 2.05) is 25.7 Å². The first-order valence-corrected chi connectivity index (χ1v) is 12.2. The van der Waals surface area contributed by atoms with Gasteiger partial charge in [0.25, 0.3) is 0 Å². The maximum absolute atomic E-state index is 12.2. The van der Waals surface area contributed by atoms with Crippen LogP contribution in [0.4, 0.5) is 4.79 Å². The Morgan fingerprint density at radius 2 is 1.44 bits per heavy atom. The first kappa shape index (κ1) is 22.5. The number of nitrogens with zero attached hydrogens (tertiary/aromatic N) is 1. The molecule has 1 fully saturated rings. The third-order valence-corrected chi connectivity index (χ3v) is 11.6. The lowest BCUT2D eigenvalue weighted by atomic mass is 9.98. The van der Waals surface area contributed by atoms with Gasteiger partial charge in [0.05, 0.1) is 0 Å². The molecule has 1 heterocycles. The van der Waals surface area contributed by atoms with E-state index in [2.05, 4.69) is 41.5 Å². The Bertz CT molecular complexity index is 399. The van der Waals surface area contributed by atoms with Crippen LogP contribution < -0.4 is 0 Å². The number of hydrogen-bond donors (Lipinski definition) is 0. The summed E-state index contributed by atoms with van der Waals surface area (Å²) in [4.78, 5) is 14.0. The van der Waals surface area contributed by atoms with Crippen LogP contribution in [0.2, 0.25) is 16.6 Å². The molecule has 0 aromatic carbocycles.